The average Bonchev–Trinajstić information content (AvgIpc) is 3.01. The Kier molecular flexibility index (Phi) is 3.94. The molecule has 1 aliphatic heterocycles. The van der Waals surface area contributed by atoms with Crippen LogP contribution >= 0.6 is 11.6 Å². The largest absolute Gasteiger partial charge is 0.419 e. The number of hydrogen-bond acceptors (Lipinski definition) is 3. The molecule has 0 radical (unpaired) electrons. The lowest BCUT2D eigenvalue weighted by Crippen LogP contribution is -2.37. The quantitative estimate of drug-likeness (QED) is 0.920. The summed E-state index contributed by atoms with van der Waals surface area (Å²) < 4.78 is 37.9. The highest BCUT2D eigenvalue weighted by atomic mass is 35.5. The van der Waals surface area contributed by atoms with Gasteiger partial charge in [0.25, 0.3) is 5.82 Å². The summed E-state index contributed by atoms with van der Waals surface area (Å²) in [7, 11) is 0. The summed E-state index contributed by atoms with van der Waals surface area (Å²) in [6.07, 6.45) is -0.315. The van der Waals surface area contributed by atoms with Crippen molar-refractivity contribution >= 4 is 17.4 Å². The molecular formula is C13H14ClF3N5+. The van der Waals surface area contributed by atoms with Crippen molar-refractivity contribution < 1.29 is 18.2 Å². The summed E-state index contributed by atoms with van der Waals surface area (Å²) in [6, 6.07) is 0.954. The standard InChI is InChI=1S/C13H13ClF3N5/c14-10-5-9(13(15,16)17)6-18-12(10)22-3-1-8(2-4-22)11-19-7-20-21-11/h5-8H,1-4H2,(H,19,20,21)/p+1. The van der Waals surface area contributed by atoms with Crippen LogP contribution in [0.3, 0.4) is 0 Å². The van der Waals surface area contributed by atoms with Gasteiger partial charge in [-0.1, -0.05) is 11.6 Å². The molecule has 5 nitrogen and oxygen atoms in total. The Morgan fingerprint density at radius 3 is 2.59 bits per heavy atom. The zero-order valence-corrected chi connectivity index (χ0v) is 12.2. The molecule has 0 bridgehead atoms. The Hall–Kier alpha value is -1.83. The van der Waals surface area contributed by atoms with E-state index >= 15 is 0 Å². The molecule has 0 aromatic carbocycles. The van der Waals surface area contributed by atoms with Crippen molar-refractivity contribution in [2.75, 3.05) is 18.0 Å². The second-order valence-electron chi connectivity index (χ2n) is 5.21. The van der Waals surface area contributed by atoms with Gasteiger partial charge >= 0.3 is 6.18 Å². The first kappa shape index (κ1) is 15.1. The van der Waals surface area contributed by atoms with Gasteiger partial charge in [0, 0.05) is 5.92 Å². The topological polar surface area (TPSA) is 59.0 Å². The molecule has 0 spiro atoms. The van der Waals surface area contributed by atoms with Gasteiger partial charge in [0.05, 0.1) is 18.7 Å². The van der Waals surface area contributed by atoms with Gasteiger partial charge in [-0.2, -0.15) is 18.3 Å². The van der Waals surface area contributed by atoms with Gasteiger partial charge in [0.2, 0.25) is 0 Å². The molecule has 0 unspecified atom stereocenters. The zero-order valence-electron chi connectivity index (χ0n) is 11.5. The van der Waals surface area contributed by atoms with E-state index in [2.05, 4.69) is 20.2 Å². The maximum Gasteiger partial charge on any atom is 0.419 e. The first-order valence-corrected chi connectivity index (χ1v) is 7.21. The molecule has 1 fully saturated rings. The van der Waals surface area contributed by atoms with E-state index in [4.69, 9.17) is 11.6 Å². The molecule has 3 heterocycles. The minimum absolute atomic E-state index is 0.0768. The number of piperidine rings is 1. The summed E-state index contributed by atoms with van der Waals surface area (Å²) in [6.45, 7) is 1.37. The fraction of sp³-hybridized carbons (Fsp3) is 0.462. The number of anilines is 1. The van der Waals surface area contributed by atoms with Crippen LogP contribution < -0.4 is 9.88 Å². The predicted molar refractivity (Wildman–Crippen MR) is 73.6 cm³/mol. The van der Waals surface area contributed by atoms with Crippen molar-refractivity contribution in [3.63, 3.8) is 0 Å². The van der Waals surface area contributed by atoms with Crippen molar-refractivity contribution in [2.45, 2.75) is 24.9 Å². The Balaban J connectivity index is 1.71. The number of H-pyrrole nitrogens is 2. The molecule has 0 aliphatic carbocycles. The number of pyridine rings is 1. The fourth-order valence-corrected chi connectivity index (χ4v) is 2.95. The van der Waals surface area contributed by atoms with Crippen LogP contribution in [0.5, 0.6) is 0 Å². The van der Waals surface area contributed by atoms with E-state index in [1.807, 2.05) is 4.90 Å². The van der Waals surface area contributed by atoms with Crippen LogP contribution in [0.25, 0.3) is 0 Å². The van der Waals surface area contributed by atoms with E-state index in [-0.39, 0.29) is 10.9 Å². The lowest BCUT2D eigenvalue weighted by molar-refractivity contribution is -0.367. The monoisotopic (exact) mass is 332 g/mol. The average molecular weight is 333 g/mol. The Labute approximate surface area is 129 Å². The van der Waals surface area contributed by atoms with Crippen molar-refractivity contribution in [1.82, 2.24) is 15.2 Å². The molecule has 1 saturated heterocycles. The first-order chi connectivity index (χ1) is 10.4. The van der Waals surface area contributed by atoms with Crippen LogP contribution in [0.15, 0.2) is 18.6 Å². The molecule has 118 valence electrons. The van der Waals surface area contributed by atoms with Gasteiger partial charge in [-0.05, 0) is 18.9 Å². The molecule has 0 amide bonds. The van der Waals surface area contributed by atoms with Crippen LogP contribution in [0.4, 0.5) is 19.0 Å². The summed E-state index contributed by atoms with van der Waals surface area (Å²) >= 11 is 6.00. The third-order valence-electron chi connectivity index (χ3n) is 3.83. The zero-order chi connectivity index (χ0) is 15.7. The lowest BCUT2D eigenvalue weighted by atomic mass is 9.96. The highest BCUT2D eigenvalue weighted by Gasteiger charge is 2.35. The molecular weight excluding hydrogens is 319 g/mol. The maximum absolute atomic E-state index is 12.6. The smallest absolute Gasteiger partial charge is 0.263 e. The Morgan fingerprint density at radius 2 is 2.05 bits per heavy atom. The van der Waals surface area contributed by atoms with Crippen LogP contribution in [-0.2, 0) is 6.18 Å². The summed E-state index contributed by atoms with van der Waals surface area (Å²) in [4.78, 5) is 8.77. The first-order valence-electron chi connectivity index (χ1n) is 6.84. The number of nitrogens with one attached hydrogen (secondary N) is 2. The van der Waals surface area contributed by atoms with Crippen LogP contribution in [0.1, 0.15) is 30.1 Å². The third kappa shape index (κ3) is 3.01. The third-order valence-corrected chi connectivity index (χ3v) is 4.12. The van der Waals surface area contributed by atoms with Crippen LogP contribution in [-0.4, -0.2) is 28.3 Å². The lowest BCUT2D eigenvalue weighted by Gasteiger charge is -2.26. The van der Waals surface area contributed by atoms with Gasteiger partial charge in [-0.3, -0.25) is 10.00 Å². The second-order valence-corrected chi connectivity index (χ2v) is 5.62. The van der Waals surface area contributed by atoms with Gasteiger partial charge < -0.3 is 0 Å². The minimum Gasteiger partial charge on any atom is -0.263 e. The van der Waals surface area contributed by atoms with E-state index in [0.717, 1.165) is 30.9 Å². The van der Waals surface area contributed by atoms with E-state index in [1.165, 1.54) is 6.33 Å². The number of aromatic amines is 2. The van der Waals surface area contributed by atoms with Crippen LogP contribution in [0, 0.1) is 0 Å². The fourth-order valence-electron chi connectivity index (χ4n) is 2.66. The summed E-state index contributed by atoms with van der Waals surface area (Å²) in [5.41, 5.74) is -0.780. The number of hydrogen-bond donors (Lipinski definition) is 1. The van der Waals surface area contributed by atoms with E-state index in [9.17, 15) is 13.2 Å². The van der Waals surface area contributed by atoms with Crippen molar-refractivity contribution in [2.24, 2.45) is 0 Å². The van der Waals surface area contributed by atoms with Crippen LogP contribution in [0.2, 0.25) is 5.02 Å². The molecule has 2 aromatic rings. The molecule has 3 rings (SSSR count). The Morgan fingerprint density at radius 1 is 1.32 bits per heavy atom. The minimum atomic E-state index is -4.40. The molecule has 1 aliphatic rings. The number of rotatable bonds is 2. The number of alkyl halides is 3. The maximum atomic E-state index is 12.6. The van der Waals surface area contributed by atoms with Crippen molar-refractivity contribution in [3.8, 4) is 0 Å². The predicted octanol–water partition coefficient (Wildman–Crippen LogP) is 2.68. The molecule has 2 N–H and O–H groups in total. The number of nitrogens with zero attached hydrogens (tertiary/aromatic N) is 3. The van der Waals surface area contributed by atoms with Gasteiger partial charge in [0.1, 0.15) is 23.4 Å². The molecule has 9 heteroatoms. The van der Waals surface area contributed by atoms with E-state index < -0.39 is 11.7 Å². The highest BCUT2D eigenvalue weighted by Crippen LogP contribution is 2.34. The second kappa shape index (κ2) is 5.75. The number of halogens is 4. The SMILES string of the molecule is FC(F)(F)c1c[nH+]c(N2CCC(c3ncn[nH]3)CC2)c(Cl)c1. The normalized spacial score (nSPS) is 17.0. The van der Waals surface area contributed by atoms with Gasteiger partial charge in [-0.15, -0.1) is 0 Å². The summed E-state index contributed by atoms with van der Waals surface area (Å²) in [5, 5.41) is 6.77. The van der Waals surface area contributed by atoms with E-state index in [1.54, 1.807) is 0 Å². The molecule has 22 heavy (non-hydrogen) atoms. The Bertz CT molecular complexity index is 636. The van der Waals surface area contributed by atoms with Crippen molar-refractivity contribution in [3.05, 3.63) is 35.0 Å². The number of aromatic nitrogens is 4. The highest BCUT2D eigenvalue weighted by molar-refractivity contribution is 6.32. The van der Waals surface area contributed by atoms with Gasteiger partial charge in [0.15, 0.2) is 0 Å². The molecule has 0 saturated carbocycles. The molecule has 2 aromatic heterocycles. The van der Waals surface area contributed by atoms with Crippen molar-refractivity contribution in [1.29, 1.82) is 0 Å². The van der Waals surface area contributed by atoms with Gasteiger partial charge in [-0.25, -0.2) is 9.97 Å². The van der Waals surface area contributed by atoms with E-state index in [0.29, 0.717) is 18.9 Å². The summed E-state index contributed by atoms with van der Waals surface area (Å²) in [5.74, 6) is 1.65. The molecule has 0 atom stereocenters.